The molecule has 0 aliphatic carbocycles. The minimum Gasteiger partial charge on any atom is -0.406 e. The topological polar surface area (TPSA) is 51.2 Å². The predicted molar refractivity (Wildman–Crippen MR) is 82.8 cm³/mol. The third-order valence-corrected chi connectivity index (χ3v) is 3.16. The van der Waals surface area contributed by atoms with Gasteiger partial charge in [-0.25, -0.2) is 4.98 Å². The molecule has 1 amide bonds. The number of fused-ring (bicyclic) bond motifs is 1. The summed E-state index contributed by atoms with van der Waals surface area (Å²) in [6, 6.07) is 15.6. The molecule has 4 nitrogen and oxygen atoms in total. The zero-order valence-electron chi connectivity index (χ0n) is 12.2. The van der Waals surface area contributed by atoms with Gasteiger partial charge in [0.15, 0.2) is 0 Å². The van der Waals surface area contributed by atoms with Gasteiger partial charge in [0.25, 0.3) is 5.91 Å². The van der Waals surface area contributed by atoms with Crippen molar-refractivity contribution >= 4 is 22.5 Å². The Labute approximate surface area is 134 Å². The van der Waals surface area contributed by atoms with E-state index in [1.54, 1.807) is 24.3 Å². The third kappa shape index (κ3) is 3.81. The quantitative estimate of drug-likeness (QED) is 0.774. The fourth-order valence-corrected chi connectivity index (χ4v) is 2.16. The van der Waals surface area contributed by atoms with Gasteiger partial charge < -0.3 is 10.1 Å². The Bertz CT molecular complexity index is 894. The Kier molecular flexibility index (Phi) is 4.07. The lowest BCUT2D eigenvalue weighted by Crippen LogP contribution is -2.17. The van der Waals surface area contributed by atoms with Crippen molar-refractivity contribution in [2.24, 2.45) is 0 Å². The van der Waals surface area contributed by atoms with E-state index in [0.29, 0.717) is 5.52 Å². The van der Waals surface area contributed by atoms with Crippen molar-refractivity contribution in [1.29, 1.82) is 0 Å². The molecular formula is C17H11F3N2O2. The Morgan fingerprint density at radius 3 is 2.58 bits per heavy atom. The molecule has 24 heavy (non-hydrogen) atoms. The van der Waals surface area contributed by atoms with Crippen LogP contribution < -0.4 is 10.1 Å². The number of aromatic nitrogens is 1. The highest BCUT2D eigenvalue weighted by molar-refractivity contribution is 6.04. The minimum atomic E-state index is -4.79. The summed E-state index contributed by atoms with van der Waals surface area (Å²) in [5.41, 5.74) is 0.992. The molecule has 0 radical (unpaired) electrons. The molecule has 0 atom stereocenters. The number of para-hydroxylation sites is 1. The summed E-state index contributed by atoms with van der Waals surface area (Å²) in [5.74, 6) is -0.934. The van der Waals surface area contributed by atoms with E-state index in [2.05, 4.69) is 15.0 Å². The zero-order valence-corrected chi connectivity index (χ0v) is 12.2. The number of carbonyl (C=O) groups excluding carboxylic acids is 1. The largest absolute Gasteiger partial charge is 0.573 e. The monoisotopic (exact) mass is 332 g/mol. The molecule has 2 aromatic carbocycles. The lowest BCUT2D eigenvalue weighted by atomic mass is 10.2. The van der Waals surface area contributed by atoms with Crippen LogP contribution >= 0.6 is 0 Å². The lowest BCUT2D eigenvalue weighted by Gasteiger charge is -2.10. The number of ether oxygens (including phenoxy) is 1. The van der Waals surface area contributed by atoms with Gasteiger partial charge in [0.05, 0.1) is 5.52 Å². The van der Waals surface area contributed by atoms with Crippen LogP contribution in [0.2, 0.25) is 0 Å². The number of halogens is 3. The van der Waals surface area contributed by atoms with Gasteiger partial charge in [-0.2, -0.15) is 0 Å². The first-order chi connectivity index (χ1) is 11.4. The van der Waals surface area contributed by atoms with Crippen LogP contribution in [0.1, 0.15) is 10.5 Å². The molecule has 0 saturated carbocycles. The van der Waals surface area contributed by atoms with Crippen molar-refractivity contribution in [2.75, 3.05) is 5.32 Å². The molecule has 0 aliphatic rings. The second-order valence-corrected chi connectivity index (χ2v) is 4.92. The molecule has 1 N–H and O–H groups in total. The number of benzene rings is 2. The SMILES string of the molecule is O=C(Nc1cccc(OC(F)(F)F)c1)c1ccc2ccccc2n1. The molecule has 1 aromatic heterocycles. The number of pyridine rings is 1. The summed E-state index contributed by atoms with van der Waals surface area (Å²) in [7, 11) is 0. The maximum absolute atomic E-state index is 12.2. The van der Waals surface area contributed by atoms with Crippen LogP contribution in [0, 0.1) is 0 Å². The number of alkyl halides is 3. The Morgan fingerprint density at radius 1 is 1.00 bits per heavy atom. The smallest absolute Gasteiger partial charge is 0.406 e. The second kappa shape index (κ2) is 6.19. The summed E-state index contributed by atoms with van der Waals surface area (Å²) < 4.78 is 40.5. The molecule has 0 bridgehead atoms. The standard InChI is InChI=1S/C17H11F3N2O2/c18-17(19,20)24-13-6-3-5-12(10-13)21-16(23)15-9-8-11-4-1-2-7-14(11)22-15/h1-10H,(H,21,23). The van der Waals surface area contributed by atoms with Gasteiger partial charge in [-0.1, -0.05) is 30.3 Å². The number of amides is 1. The third-order valence-electron chi connectivity index (χ3n) is 3.16. The average Bonchev–Trinajstić information content (AvgIpc) is 2.53. The number of anilines is 1. The highest BCUT2D eigenvalue weighted by Gasteiger charge is 2.31. The van der Waals surface area contributed by atoms with Gasteiger partial charge in [-0.15, -0.1) is 13.2 Å². The molecule has 0 unspecified atom stereocenters. The summed E-state index contributed by atoms with van der Waals surface area (Å²) >= 11 is 0. The van der Waals surface area contributed by atoms with Crippen LogP contribution in [0.5, 0.6) is 5.75 Å². The summed E-state index contributed by atoms with van der Waals surface area (Å²) in [6.07, 6.45) is -4.79. The van der Waals surface area contributed by atoms with E-state index in [1.165, 1.54) is 12.1 Å². The fourth-order valence-electron chi connectivity index (χ4n) is 2.16. The maximum Gasteiger partial charge on any atom is 0.573 e. The van der Waals surface area contributed by atoms with Crippen LogP contribution in [0.4, 0.5) is 18.9 Å². The molecule has 1 heterocycles. The minimum absolute atomic E-state index is 0.163. The van der Waals surface area contributed by atoms with Crippen molar-refractivity contribution in [3.63, 3.8) is 0 Å². The zero-order chi connectivity index (χ0) is 17.2. The molecule has 0 spiro atoms. The van der Waals surface area contributed by atoms with Crippen LogP contribution in [-0.2, 0) is 0 Å². The predicted octanol–water partition coefficient (Wildman–Crippen LogP) is 4.39. The van der Waals surface area contributed by atoms with Gasteiger partial charge in [0, 0.05) is 17.1 Å². The first-order valence-corrected chi connectivity index (χ1v) is 6.94. The molecular weight excluding hydrogens is 321 g/mol. The van der Waals surface area contributed by atoms with Gasteiger partial charge in [0.2, 0.25) is 0 Å². The molecule has 0 aliphatic heterocycles. The molecule has 0 saturated heterocycles. The van der Waals surface area contributed by atoms with Crippen LogP contribution in [0.25, 0.3) is 10.9 Å². The van der Waals surface area contributed by atoms with E-state index < -0.39 is 18.0 Å². The van der Waals surface area contributed by atoms with Crippen molar-refractivity contribution < 1.29 is 22.7 Å². The van der Waals surface area contributed by atoms with E-state index >= 15 is 0 Å². The van der Waals surface area contributed by atoms with Crippen LogP contribution in [0.3, 0.4) is 0 Å². The van der Waals surface area contributed by atoms with Crippen molar-refractivity contribution in [1.82, 2.24) is 4.98 Å². The first kappa shape index (κ1) is 15.8. The van der Waals surface area contributed by atoms with E-state index in [-0.39, 0.29) is 11.4 Å². The van der Waals surface area contributed by atoms with Gasteiger partial charge in [-0.3, -0.25) is 4.79 Å². The number of nitrogens with one attached hydrogen (secondary N) is 1. The number of hydrogen-bond donors (Lipinski definition) is 1. The van der Waals surface area contributed by atoms with E-state index in [9.17, 15) is 18.0 Å². The molecule has 3 aromatic rings. The summed E-state index contributed by atoms with van der Waals surface area (Å²) in [5, 5.41) is 3.38. The Hall–Kier alpha value is -3.09. The fraction of sp³-hybridized carbons (Fsp3) is 0.0588. The second-order valence-electron chi connectivity index (χ2n) is 4.92. The van der Waals surface area contributed by atoms with Gasteiger partial charge in [-0.05, 0) is 24.3 Å². The van der Waals surface area contributed by atoms with E-state index in [0.717, 1.165) is 17.5 Å². The summed E-state index contributed by atoms with van der Waals surface area (Å²) in [6.45, 7) is 0. The van der Waals surface area contributed by atoms with Crippen molar-refractivity contribution in [3.8, 4) is 5.75 Å². The van der Waals surface area contributed by atoms with Crippen molar-refractivity contribution in [2.45, 2.75) is 6.36 Å². The van der Waals surface area contributed by atoms with Crippen LogP contribution in [0.15, 0.2) is 60.7 Å². The molecule has 0 fully saturated rings. The van der Waals surface area contributed by atoms with Gasteiger partial charge >= 0.3 is 6.36 Å². The summed E-state index contributed by atoms with van der Waals surface area (Å²) in [4.78, 5) is 16.4. The highest BCUT2D eigenvalue weighted by atomic mass is 19.4. The molecule has 122 valence electrons. The average molecular weight is 332 g/mol. The van der Waals surface area contributed by atoms with E-state index in [4.69, 9.17) is 0 Å². The van der Waals surface area contributed by atoms with Crippen LogP contribution in [-0.4, -0.2) is 17.3 Å². The number of carbonyl (C=O) groups is 1. The normalized spacial score (nSPS) is 11.3. The first-order valence-electron chi connectivity index (χ1n) is 6.94. The Balaban J connectivity index is 1.79. The number of hydrogen-bond acceptors (Lipinski definition) is 3. The van der Waals surface area contributed by atoms with Gasteiger partial charge in [0.1, 0.15) is 11.4 Å². The Morgan fingerprint density at radius 2 is 1.79 bits per heavy atom. The number of rotatable bonds is 3. The molecule has 3 rings (SSSR count). The van der Waals surface area contributed by atoms with Crippen molar-refractivity contribution in [3.05, 3.63) is 66.4 Å². The maximum atomic E-state index is 12.2. The van der Waals surface area contributed by atoms with E-state index in [1.807, 2.05) is 12.1 Å². The lowest BCUT2D eigenvalue weighted by molar-refractivity contribution is -0.274. The molecule has 7 heteroatoms. The highest BCUT2D eigenvalue weighted by Crippen LogP contribution is 2.25. The number of nitrogens with zero attached hydrogens (tertiary/aromatic N) is 1.